The Hall–Kier alpha value is -1.44. The molecule has 1 heterocycles. The van der Waals surface area contributed by atoms with Gasteiger partial charge in [0.15, 0.2) is 0 Å². The number of hydrogen-bond acceptors (Lipinski definition) is 4. The molecule has 7 heteroatoms. The number of nitrogens with one attached hydrogen (secondary N) is 2. The lowest BCUT2D eigenvalue weighted by atomic mass is 9.92. The van der Waals surface area contributed by atoms with Crippen LogP contribution in [0.1, 0.15) is 30.9 Å². The zero-order valence-electron chi connectivity index (χ0n) is 13.1. The third kappa shape index (κ3) is 3.85. The molecule has 122 valence electrons. The molecular formula is C15H23N3O3S. The van der Waals surface area contributed by atoms with Crippen LogP contribution >= 0.6 is 0 Å². The van der Waals surface area contributed by atoms with Gasteiger partial charge in [-0.05, 0) is 63.4 Å². The number of anilines is 1. The summed E-state index contributed by atoms with van der Waals surface area (Å²) in [5.41, 5.74) is 2.14. The molecule has 4 N–H and O–H groups in total. The summed E-state index contributed by atoms with van der Waals surface area (Å²) in [6.07, 6.45) is 1.56. The van der Waals surface area contributed by atoms with Gasteiger partial charge < -0.3 is 10.6 Å². The highest BCUT2D eigenvalue weighted by molar-refractivity contribution is 7.89. The van der Waals surface area contributed by atoms with Gasteiger partial charge in [-0.3, -0.25) is 4.79 Å². The van der Waals surface area contributed by atoms with Crippen LogP contribution in [-0.2, 0) is 14.8 Å². The van der Waals surface area contributed by atoms with E-state index < -0.39 is 10.0 Å². The number of piperidine rings is 1. The number of primary sulfonamides is 1. The highest BCUT2D eigenvalue weighted by Crippen LogP contribution is 2.25. The zero-order valence-corrected chi connectivity index (χ0v) is 14.0. The summed E-state index contributed by atoms with van der Waals surface area (Å²) in [5, 5.41) is 11.4. The van der Waals surface area contributed by atoms with Crippen molar-refractivity contribution in [3.63, 3.8) is 0 Å². The minimum atomic E-state index is -3.80. The largest absolute Gasteiger partial charge is 0.326 e. The van der Waals surface area contributed by atoms with Gasteiger partial charge in [0.05, 0.1) is 4.90 Å². The number of rotatable bonds is 3. The van der Waals surface area contributed by atoms with Gasteiger partial charge >= 0.3 is 0 Å². The standard InChI is InChI=1S/C15H23N3O3S/c1-9-6-13(22(16,20)21)8-14(11(9)3)18-15(19)12-4-5-17-10(2)7-12/h6,8,10,12,17H,4-5,7H2,1-3H3,(H,18,19)(H2,16,20,21)/t10-,12-/m0/s1. The number of hydrogen-bond donors (Lipinski definition) is 3. The molecule has 0 spiro atoms. The van der Waals surface area contributed by atoms with Gasteiger partial charge in [0, 0.05) is 17.6 Å². The molecule has 0 unspecified atom stereocenters. The van der Waals surface area contributed by atoms with Crippen LogP contribution < -0.4 is 15.8 Å². The van der Waals surface area contributed by atoms with Gasteiger partial charge in [0.25, 0.3) is 0 Å². The van der Waals surface area contributed by atoms with Crippen LogP contribution in [0.25, 0.3) is 0 Å². The zero-order chi connectivity index (χ0) is 16.5. The predicted octanol–water partition coefficient (Wildman–Crippen LogP) is 1.28. The number of carbonyl (C=O) groups is 1. The van der Waals surface area contributed by atoms with Crippen molar-refractivity contribution in [1.82, 2.24) is 5.32 Å². The minimum Gasteiger partial charge on any atom is -0.326 e. The van der Waals surface area contributed by atoms with E-state index in [-0.39, 0.29) is 16.7 Å². The maximum atomic E-state index is 12.4. The van der Waals surface area contributed by atoms with Crippen molar-refractivity contribution in [2.75, 3.05) is 11.9 Å². The maximum absolute atomic E-state index is 12.4. The molecule has 0 radical (unpaired) electrons. The van der Waals surface area contributed by atoms with E-state index in [0.717, 1.165) is 30.5 Å². The number of sulfonamides is 1. The smallest absolute Gasteiger partial charge is 0.238 e. The molecule has 1 saturated heterocycles. The van der Waals surface area contributed by atoms with Gasteiger partial charge in [0.1, 0.15) is 0 Å². The molecular weight excluding hydrogens is 302 g/mol. The van der Waals surface area contributed by atoms with E-state index in [1.807, 2.05) is 6.92 Å². The molecule has 0 aromatic heterocycles. The Balaban J connectivity index is 2.25. The molecule has 2 rings (SSSR count). The van der Waals surface area contributed by atoms with Crippen LogP contribution in [0.15, 0.2) is 17.0 Å². The summed E-state index contributed by atoms with van der Waals surface area (Å²) < 4.78 is 23.1. The number of carbonyl (C=O) groups excluding carboxylic acids is 1. The molecule has 0 saturated carbocycles. The Morgan fingerprint density at radius 1 is 1.36 bits per heavy atom. The Bertz CT molecular complexity index is 686. The molecule has 1 fully saturated rings. The summed E-state index contributed by atoms with van der Waals surface area (Å²) >= 11 is 0. The molecule has 1 aromatic carbocycles. The monoisotopic (exact) mass is 325 g/mol. The van der Waals surface area contributed by atoms with Crippen LogP contribution in [0.5, 0.6) is 0 Å². The first-order chi connectivity index (χ1) is 10.2. The normalized spacial score (nSPS) is 22.4. The lowest BCUT2D eigenvalue weighted by molar-refractivity contribution is -0.120. The molecule has 0 aliphatic carbocycles. The summed E-state index contributed by atoms with van der Waals surface area (Å²) in [7, 11) is -3.80. The molecule has 0 bridgehead atoms. The van der Waals surface area contributed by atoms with E-state index >= 15 is 0 Å². The SMILES string of the molecule is Cc1cc(S(N)(=O)=O)cc(NC(=O)[C@H]2CCN[C@@H](C)C2)c1C. The number of aryl methyl sites for hydroxylation is 1. The minimum absolute atomic E-state index is 0.0181. The number of nitrogens with two attached hydrogens (primary N) is 1. The summed E-state index contributed by atoms with van der Waals surface area (Å²) in [6, 6.07) is 3.26. The average Bonchev–Trinajstić information content (AvgIpc) is 2.42. The summed E-state index contributed by atoms with van der Waals surface area (Å²) in [4.78, 5) is 12.4. The van der Waals surface area contributed by atoms with Crippen molar-refractivity contribution in [1.29, 1.82) is 0 Å². The molecule has 2 atom stereocenters. The van der Waals surface area contributed by atoms with Crippen LogP contribution in [-0.4, -0.2) is 26.9 Å². The first-order valence-corrected chi connectivity index (χ1v) is 8.91. The number of benzene rings is 1. The van der Waals surface area contributed by atoms with Gasteiger partial charge in [-0.2, -0.15) is 0 Å². The Morgan fingerprint density at radius 2 is 2.05 bits per heavy atom. The van der Waals surface area contributed by atoms with Gasteiger partial charge in [-0.1, -0.05) is 0 Å². The molecule has 6 nitrogen and oxygen atoms in total. The second-order valence-electron chi connectivity index (χ2n) is 6.02. The van der Waals surface area contributed by atoms with E-state index in [2.05, 4.69) is 17.6 Å². The van der Waals surface area contributed by atoms with Gasteiger partial charge in [-0.15, -0.1) is 0 Å². The van der Waals surface area contributed by atoms with Gasteiger partial charge in [0.2, 0.25) is 15.9 Å². The van der Waals surface area contributed by atoms with Crippen molar-refractivity contribution in [3.05, 3.63) is 23.3 Å². The fourth-order valence-corrected chi connectivity index (χ4v) is 3.35. The quantitative estimate of drug-likeness (QED) is 0.779. The number of amides is 1. The van der Waals surface area contributed by atoms with Crippen molar-refractivity contribution in [2.45, 2.75) is 44.6 Å². The lowest BCUT2D eigenvalue weighted by Crippen LogP contribution is -2.40. The second-order valence-corrected chi connectivity index (χ2v) is 7.58. The van der Waals surface area contributed by atoms with Crippen LogP contribution in [0.2, 0.25) is 0 Å². The van der Waals surface area contributed by atoms with Crippen molar-refractivity contribution >= 4 is 21.6 Å². The molecule has 1 aliphatic heterocycles. The van der Waals surface area contributed by atoms with Crippen molar-refractivity contribution in [2.24, 2.45) is 11.1 Å². The van der Waals surface area contributed by atoms with Crippen LogP contribution in [0, 0.1) is 19.8 Å². The molecule has 1 amide bonds. The molecule has 1 aliphatic rings. The molecule has 1 aromatic rings. The van der Waals surface area contributed by atoms with E-state index in [1.54, 1.807) is 6.92 Å². The van der Waals surface area contributed by atoms with Crippen molar-refractivity contribution < 1.29 is 13.2 Å². The third-order valence-electron chi connectivity index (χ3n) is 4.22. The highest BCUT2D eigenvalue weighted by Gasteiger charge is 2.25. The van der Waals surface area contributed by atoms with Gasteiger partial charge in [-0.25, -0.2) is 13.6 Å². The Labute approximate surface area is 131 Å². The maximum Gasteiger partial charge on any atom is 0.238 e. The van der Waals surface area contributed by atoms with Crippen LogP contribution in [0.3, 0.4) is 0 Å². The predicted molar refractivity (Wildman–Crippen MR) is 86.1 cm³/mol. The topological polar surface area (TPSA) is 101 Å². The fraction of sp³-hybridized carbons (Fsp3) is 0.533. The van der Waals surface area contributed by atoms with E-state index in [0.29, 0.717) is 11.7 Å². The third-order valence-corrected chi connectivity index (χ3v) is 5.11. The fourth-order valence-electron chi connectivity index (χ4n) is 2.73. The van der Waals surface area contributed by atoms with E-state index in [4.69, 9.17) is 5.14 Å². The highest BCUT2D eigenvalue weighted by atomic mass is 32.2. The lowest BCUT2D eigenvalue weighted by Gasteiger charge is -2.27. The first kappa shape index (κ1) is 16.9. The van der Waals surface area contributed by atoms with E-state index in [1.165, 1.54) is 12.1 Å². The van der Waals surface area contributed by atoms with E-state index in [9.17, 15) is 13.2 Å². The Kier molecular flexibility index (Phi) is 4.89. The molecule has 22 heavy (non-hydrogen) atoms. The average molecular weight is 325 g/mol. The van der Waals surface area contributed by atoms with Crippen molar-refractivity contribution in [3.8, 4) is 0 Å². The van der Waals surface area contributed by atoms with Crippen LogP contribution in [0.4, 0.5) is 5.69 Å². The Morgan fingerprint density at radius 3 is 2.64 bits per heavy atom. The second kappa shape index (κ2) is 6.36. The first-order valence-electron chi connectivity index (χ1n) is 7.36. The summed E-state index contributed by atoms with van der Waals surface area (Å²) in [6.45, 7) is 6.51. The summed E-state index contributed by atoms with van der Waals surface area (Å²) in [5.74, 6) is -0.128.